The van der Waals surface area contributed by atoms with Gasteiger partial charge in [-0.1, -0.05) is 6.92 Å². The number of rotatable bonds is 4. The Morgan fingerprint density at radius 2 is 2.00 bits per heavy atom. The monoisotopic (exact) mass is 347 g/mol. The lowest BCUT2D eigenvalue weighted by Gasteiger charge is -2.35. The number of aliphatic hydroxyl groups excluding tert-OH is 1. The number of nitrogens with one attached hydrogen (secondary N) is 2. The summed E-state index contributed by atoms with van der Waals surface area (Å²) in [5.74, 6) is -0.198. The molecule has 9 nitrogen and oxygen atoms in total. The van der Waals surface area contributed by atoms with Crippen LogP contribution in [0, 0.1) is 0 Å². The summed E-state index contributed by atoms with van der Waals surface area (Å²) in [6.07, 6.45) is 1.73. The van der Waals surface area contributed by atoms with Crippen LogP contribution in [0.4, 0.5) is 0 Å². The van der Waals surface area contributed by atoms with E-state index in [-0.39, 0.29) is 23.0 Å². The van der Waals surface area contributed by atoms with Crippen molar-refractivity contribution >= 4 is 16.9 Å². The third-order valence-electron chi connectivity index (χ3n) is 4.44. The molecule has 9 heteroatoms. The molecular formula is C16H21N5O4. The van der Waals surface area contributed by atoms with Crippen molar-refractivity contribution in [2.45, 2.75) is 19.4 Å². The zero-order chi connectivity index (χ0) is 18.0. The van der Waals surface area contributed by atoms with Crippen LogP contribution in [0.15, 0.2) is 21.9 Å². The van der Waals surface area contributed by atoms with Crippen molar-refractivity contribution in [2.75, 3.05) is 32.7 Å². The standard InChI is InChI=1S/C16H21N5O4/c1-2-11(22)9-20-3-5-21(6-4-20)15(24)10-7-12-13(17-8-10)18-16(25)19-14(12)23/h7-8,11,22H,2-6,9H2,1H3,(H2,17,18,19,23,25)/t11-/m1/s1. The van der Waals surface area contributed by atoms with E-state index in [1.54, 1.807) is 4.90 Å². The molecule has 3 N–H and O–H groups in total. The molecule has 1 fully saturated rings. The molecule has 0 aliphatic carbocycles. The van der Waals surface area contributed by atoms with E-state index in [4.69, 9.17) is 0 Å². The first-order valence-corrected chi connectivity index (χ1v) is 8.30. The first kappa shape index (κ1) is 17.3. The molecule has 1 atom stereocenters. The van der Waals surface area contributed by atoms with Crippen LogP contribution in [-0.4, -0.2) is 74.6 Å². The number of β-amino-alcohol motifs (C(OH)–C–C–N with tert-alkyl or cyclic N) is 1. The fourth-order valence-corrected chi connectivity index (χ4v) is 2.91. The largest absolute Gasteiger partial charge is 0.392 e. The Morgan fingerprint density at radius 3 is 2.68 bits per heavy atom. The van der Waals surface area contributed by atoms with Gasteiger partial charge in [0.25, 0.3) is 11.5 Å². The van der Waals surface area contributed by atoms with Gasteiger partial charge < -0.3 is 10.0 Å². The molecule has 1 aliphatic rings. The molecular weight excluding hydrogens is 326 g/mol. The van der Waals surface area contributed by atoms with E-state index in [1.807, 2.05) is 6.92 Å². The van der Waals surface area contributed by atoms with Crippen LogP contribution in [0.3, 0.4) is 0 Å². The predicted octanol–water partition coefficient (Wildman–Crippen LogP) is -0.860. The first-order valence-electron chi connectivity index (χ1n) is 8.30. The Hall–Kier alpha value is -2.52. The molecule has 0 unspecified atom stereocenters. The van der Waals surface area contributed by atoms with Crippen molar-refractivity contribution in [2.24, 2.45) is 0 Å². The van der Waals surface area contributed by atoms with Gasteiger partial charge in [0.05, 0.1) is 17.1 Å². The van der Waals surface area contributed by atoms with Crippen LogP contribution in [-0.2, 0) is 0 Å². The highest BCUT2D eigenvalue weighted by Crippen LogP contribution is 2.11. The van der Waals surface area contributed by atoms with Crippen molar-refractivity contribution < 1.29 is 9.90 Å². The summed E-state index contributed by atoms with van der Waals surface area (Å²) in [5, 5.41) is 9.90. The van der Waals surface area contributed by atoms with E-state index in [0.717, 1.165) is 0 Å². The highest BCUT2D eigenvalue weighted by molar-refractivity contribution is 5.96. The zero-order valence-electron chi connectivity index (χ0n) is 14.0. The summed E-state index contributed by atoms with van der Waals surface area (Å²) in [5.41, 5.74) is -0.732. The van der Waals surface area contributed by atoms with Crippen LogP contribution >= 0.6 is 0 Å². The Labute approximate surface area is 143 Å². The summed E-state index contributed by atoms with van der Waals surface area (Å²) in [6, 6.07) is 1.45. The molecule has 3 rings (SSSR count). The molecule has 0 bridgehead atoms. The Bertz CT molecular complexity index is 882. The number of carbonyl (C=O) groups excluding carboxylic acids is 1. The van der Waals surface area contributed by atoms with E-state index in [1.165, 1.54) is 12.3 Å². The second-order valence-corrected chi connectivity index (χ2v) is 6.18. The summed E-state index contributed by atoms with van der Waals surface area (Å²) in [6.45, 7) is 5.03. The number of aliphatic hydroxyl groups is 1. The number of hydrogen-bond acceptors (Lipinski definition) is 6. The van der Waals surface area contributed by atoms with Crippen molar-refractivity contribution in [3.05, 3.63) is 38.7 Å². The molecule has 0 spiro atoms. The van der Waals surface area contributed by atoms with Gasteiger partial charge in [-0.3, -0.25) is 24.5 Å². The quantitative estimate of drug-likeness (QED) is 0.661. The van der Waals surface area contributed by atoms with Crippen molar-refractivity contribution in [3.8, 4) is 0 Å². The van der Waals surface area contributed by atoms with Crippen LogP contribution < -0.4 is 11.2 Å². The number of H-pyrrole nitrogens is 2. The normalized spacial score (nSPS) is 17.0. The van der Waals surface area contributed by atoms with Gasteiger partial charge in [-0.2, -0.15) is 0 Å². The third-order valence-corrected chi connectivity index (χ3v) is 4.44. The Balaban J connectivity index is 1.73. The van der Waals surface area contributed by atoms with E-state index >= 15 is 0 Å². The lowest BCUT2D eigenvalue weighted by atomic mass is 10.2. The van der Waals surface area contributed by atoms with E-state index in [0.29, 0.717) is 44.7 Å². The topological polar surface area (TPSA) is 122 Å². The number of carbonyl (C=O) groups is 1. The maximum atomic E-state index is 12.6. The molecule has 0 aromatic carbocycles. The van der Waals surface area contributed by atoms with Gasteiger partial charge in [0, 0.05) is 38.9 Å². The number of amides is 1. The number of aromatic nitrogens is 3. The van der Waals surface area contributed by atoms with Crippen LogP contribution in [0.2, 0.25) is 0 Å². The minimum absolute atomic E-state index is 0.156. The van der Waals surface area contributed by atoms with Crippen molar-refractivity contribution in [1.82, 2.24) is 24.8 Å². The summed E-state index contributed by atoms with van der Waals surface area (Å²) in [4.78, 5) is 48.2. The average Bonchev–Trinajstić information content (AvgIpc) is 2.61. The molecule has 0 saturated carbocycles. The van der Waals surface area contributed by atoms with Gasteiger partial charge in [0.1, 0.15) is 5.65 Å². The predicted molar refractivity (Wildman–Crippen MR) is 91.6 cm³/mol. The Kier molecular flexibility index (Phi) is 4.95. The van der Waals surface area contributed by atoms with E-state index in [9.17, 15) is 19.5 Å². The van der Waals surface area contributed by atoms with Gasteiger partial charge in [0.2, 0.25) is 0 Å². The molecule has 0 radical (unpaired) electrons. The lowest BCUT2D eigenvalue weighted by molar-refractivity contribution is 0.0523. The highest BCUT2D eigenvalue weighted by atomic mass is 16.3. The van der Waals surface area contributed by atoms with Gasteiger partial charge >= 0.3 is 5.69 Å². The van der Waals surface area contributed by atoms with Crippen LogP contribution in [0.25, 0.3) is 11.0 Å². The number of nitrogens with zero attached hydrogens (tertiary/aromatic N) is 3. The van der Waals surface area contributed by atoms with Crippen LogP contribution in [0.5, 0.6) is 0 Å². The smallest absolute Gasteiger partial charge is 0.327 e. The molecule has 134 valence electrons. The van der Waals surface area contributed by atoms with Gasteiger partial charge in [-0.15, -0.1) is 0 Å². The van der Waals surface area contributed by atoms with Gasteiger partial charge in [0.15, 0.2) is 0 Å². The molecule has 1 aliphatic heterocycles. The summed E-state index contributed by atoms with van der Waals surface area (Å²) < 4.78 is 0. The molecule has 2 aromatic rings. The number of piperazine rings is 1. The van der Waals surface area contributed by atoms with Gasteiger partial charge in [-0.05, 0) is 12.5 Å². The summed E-state index contributed by atoms with van der Waals surface area (Å²) >= 11 is 0. The molecule has 1 amide bonds. The second kappa shape index (κ2) is 7.16. The maximum absolute atomic E-state index is 12.6. The molecule has 3 heterocycles. The maximum Gasteiger partial charge on any atom is 0.327 e. The minimum Gasteiger partial charge on any atom is -0.392 e. The fraction of sp³-hybridized carbons (Fsp3) is 0.500. The van der Waals surface area contributed by atoms with Crippen molar-refractivity contribution in [3.63, 3.8) is 0 Å². The second-order valence-electron chi connectivity index (χ2n) is 6.18. The first-order chi connectivity index (χ1) is 12.0. The molecule has 1 saturated heterocycles. The van der Waals surface area contributed by atoms with Gasteiger partial charge in [-0.25, -0.2) is 9.78 Å². The number of aromatic amines is 2. The average molecular weight is 347 g/mol. The van der Waals surface area contributed by atoms with Crippen LogP contribution in [0.1, 0.15) is 23.7 Å². The summed E-state index contributed by atoms with van der Waals surface area (Å²) in [7, 11) is 0. The lowest BCUT2D eigenvalue weighted by Crippen LogP contribution is -2.50. The zero-order valence-corrected chi connectivity index (χ0v) is 14.0. The highest BCUT2D eigenvalue weighted by Gasteiger charge is 2.23. The molecule has 2 aromatic heterocycles. The fourth-order valence-electron chi connectivity index (χ4n) is 2.91. The molecule has 25 heavy (non-hydrogen) atoms. The number of pyridine rings is 1. The van der Waals surface area contributed by atoms with Crippen molar-refractivity contribution in [1.29, 1.82) is 0 Å². The van der Waals surface area contributed by atoms with E-state index in [2.05, 4.69) is 19.9 Å². The SMILES string of the molecule is CC[C@@H](O)CN1CCN(C(=O)c2cnc3[nH]c(=O)[nH]c(=O)c3c2)CC1. The Morgan fingerprint density at radius 1 is 1.28 bits per heavy atom. The third kappa shape index (κ3) is 3.77. The van der Waals surface area contributed by atoms with E-state index < -0.39 is 11.2 Å². The number of hydrogen-bond donors (Lipinski definition) is 3. The minimum atomic E-state index is -0.630. The number of fused-ring (bicyclic) bond motifs is 1.